The van der Waals surface area contributed by atoms with Gasteiger partial charge in [-0.05, 0) is 32.0 Å². The first-order chi connectivity index (χ1) is 8.58. The van der Waals surface area contributed by atoms with Crippen LogP contribution in [0.2, 0.25) is 0 Å². The van der Waals surface area contributed by atoms with E-state index in [-0.39, 0.29) is 17.1 Å². The molecular weight excluding hydrogens is 265 g/mol. The SMILES string of the molecule is COc1cc(C(=O)O)ccc1OC(C)(C)C(F)(F)F. The number of ether oxygens (including phenoxy) is 2. The maximum Gasteiger partial charge on any atom is 0.427 e. The Bertz CT molecular complexity index is 480. The summed E-state index contributed by atoms with van der Waals surface area (Å²) in [6, 6.07) is 3.38. The van der Waals surface area contributed by atoms with E-state index in [9.17, 15) is 18.0 Å². The topological polar surface area (TPSA) is 55.8 Å². The molecule has 0 spiro atoms. The molecule has 0 radical (unpaired) electrons. The molecule has 4 nitrogen and oxygen atoms in total. The molecule has 19 heavy (non-hydrogen) atoms. The minimum Gasteiger partial charge on any atom is -0.493 e. The zero-order chi connectivity index (χ0) is 14.8. The molecule has 0 aromatic heterocycles. The van der Waals surface area contributed by atoms with Crippen molar-refractivity contribution in [2.75, 3.05) is 7.11 Å². The van der Waals surface area contributed by atoms with E-state index in [0.29, 0.717) is 0 Å². The first-order valence-corrected chi connectivity index (χ1v) is 5.25. The summed E-state index contributed by atoms with van der Waals surface area (Å²) >= 11 is 0. The van der Waals surface area contributed by atoms with Crippen LogP contribution in [-0.4, -0.2) is 30.0 Å². The monoisotopic (exact) mass is 278 g/mol. The molecule has 0 heterocycles. The number of hydrogen-bond donors (Lipinski definition) is 1. The van der Waals surface area contributed by atoms with Crippen LogP contribution in [0.4, 0.5) is 13.2 Å². The number of carbonyl (C=O) groups is 1. The molecule has 0 amide bonds. The van der Waals surface area contributed by atoms with Gasteiger partial charge in [0.1, 0.15) is 0 Å². The van der Waals surface area contributed by atoms with Gasteiger partial charge in [-0.15, -0.1) is 0 Å². The molecule has 1 aromatic rings. The summed E-state index contributed by atoms with van der Waals surface area (Å²) in [5.74, 6) is -1.45. The second-order valence-corrected chi connectivity index (χ2v) is 4.28. The molecule has 0 atom stereocenters. The Labute approximate surface area is 107 Å². The molecular formula is C12H13F3O4. The lowest BCUT2D eigenvalue weighted by atomic mass is 10.1. The zero-order valence-electron chi connectivity index (χ0n) is 10.5. The predicted octanol–water partition coefficient (Wildman–Crippen LogP) is 3.11. The molecule has 0 unspecified atom stereocenters. The highest BCUT2D eigenvalue weighted by Gasteiger charge is 2.50. The molecule has 0 saturated heterocycles. The van der Waals surface area contributed by atoms with Crippen molar-refractivity contribution in [3.63, 3.8) is 0 Å². The van der Waals surface area contributed by atoms with Gasteiger partial charge in [-0.2, -0.15) is 13.2 Å². The number of alkyl halides is 3. The molecule has 1 aromatic carbocycles. The highest BCUT2D eigenvalue weighted by molar-refractivity contribution is 5.88. The third kappa shape index (κ3) is 3.30. The first-order valence-electron chi connectivity index (χ1n) is 5.25. The van der Waals surface area contributed by atoms with Crippen LogP contribution in [0.1, 0.15) is 24.2 Å². The number of carboxylic acid groups (broad SMARTS) is 1. The van der Waals surface area contributed by atoms with Crippen molar-refractivity contribution in [3.05, 3.63) is 23.8 Å². The van der Waals surface area contributed by atoms with Crippen LogP contribution >= 0.6 is 0 Å². The van der Waals surface area contributed by atoms with Gasteiger partial charge in [-0.25, -0.2) is 4.79 Å². The van der Waals surface area contributed by atoms with Crippen molar-refractivity contribution in [1.82, 2.24) is 0 Å². The third-order valence-electron chi connectivity index (χ3n) is 2.46. The van der Waals surface area contributed by atoms with E-state index in [1.165, 1.54) is 7.11 Å². The minimum absolute atomic E-state index is 0.0720. The lowest BCUT2D eigenvalue weighted by Crippen LogP contribution is -2.44. The van der Waals surface area contributed by atoms with Gasteiger partial charge >= 0.3 is 12.1 Å². The van der Waals surface area contributed by atoms with Crippen molar-refractivity contribution >= 4 is 5.97 Å². The highest BCUT2D eigenvalue weighted by atomic mass is 19.4. The highest BCUT2D eigenvalue weighted by Crippen LogP contribution is 2.38. The van der Waals surface area contributed by atoms with E-state index in [2.05, 4.69) is 0 Å². The second kappa shape index (κ2) is 4.99. The lowest BCUT2D eigenvalue weighted by molar-refractivity contribution is -0.234. The van der Waals surface area contributed by atoms with Gasteiger partial charge in [0, 0.05) is 0 Å². The molecule has 0 aliphatic heterocycles. The van der Waals surface area contributed by atoms with Gasteiger partial charge in [-0.1, -0.05) is 0 Å². The Balaban J connectivity index is 3.12. The fourth-order valence-corrected chi connectivity index (χ4v) is 1.22. The van der Waals surface area contributed by atoms with Crippen LogP contribution < -0.4 is 9.47 Å². The summed E-state index contributed by atoms with van der Waals surface area (Å²) in [4.78, 5) is 10.7. The number of benzene rings is 1. The fraction of sp³-hybridized carbons (Fsp3) is 0.417. The van der Waals surface area contributed by atoms with Crippen LogP contribution in [0.25, 0.3) is 0 Å². The second-order valence-electron chi connectivity index (χ2n) is 4.28. The quantitative estimate of drug-likeness (QED) is 0.919. The third-order valence-corrected chi connectivity index (χ3v) is 2.46. The van der Waals surface area contributed by atoms with Gasteiger partial charge < -0.3 is 14.6 Å². The molecule has 7 heteroatoms. The standard InChI is InChI=1S/C12H13F3O4/c1-11(2,12(13,14)15)19-8-5-4-7(10(16)17)6-9(8)18-3/h4-6H,1-3H3,(H,16,17). The number of hydrogen-bond acceptors (Lipinski definition) is 3. The summed E-state index contributed by atoms with van der Waals surface area (Å²) in [6.07, 6.45) is -4.57. The predicted molar refractivity (Wildman–Crippen MR) is 60.7 cm³/mol. The Morgan fingerprint density at radius 2 is 1.79 bits per heavy atom. The fourth-order valence-electron chi connectivity index (χ4n) is 1.22. The number of methoxy groups -OCH3 is 1. The minimum atomic E-state index is -4.57. The van der Waals surface area contributed by atoms with Gasteiger partial charge in [0.15, 0.2) is 17.1 Å². The Hall–Kier alpha value is -1.92. The van der Waals surface area contributed by atoms with Crippen molar-refractivity contribution in [2.24, 2.45) is 0 Å². The van der Waals surface area contributed by atoms with Gasteiger partial charge in [0.25, 0.3) is 0 Å². The molecule has 0 bridgehead atoms. The molecule has 106 valence electrons. The maximum absolute atomic E-state index is 12.7. The van der Waals surface area contributed by atoms with E-state index in [0.717, 1.165) is 32.0 Å². The first kappa shape index (κ1) is 15.1. The number of rotatable bonds is 4. The van der Waals surface area contributed by atoms with Crippen molar-refractivity contribution < 1.29 is 32.5 Å². The van der Waals surface area contributed by atoms with E-state index in [4.69, 9.17) is 14.6 Å². The maximum atomic E-state index is 12.7. The van der Waals surface area contributed by atoms with Crippen LogP contribution in [-0.2, 0) is 0 Å². The smallest absolute Gasteiger partial charge is 0.427 e. The van der Waals surface area contributed by atoms with Crippen LogP contribution in [0.5, 0.6) is 11.5 Å². The van der Waals surface area contributed by atoms with Crippen molar-refractivity contribution in [2.45, 2.75) is 25.6 Å². The molecule has 1 rings (SSSR count). The van der Waals surface area contributed by atoms with E-state index >= 15 is 0 Å². The normalized spacial score (nSPS) is 12.1. The Morgan fingerprint density at radius 3 is 2.21 bits per heavy atom. The van der Waals surface area contributed by atoms with Gasteiger partial charge in [0.05, 0.1) is 12.7 Å². The average Bonchev–Trinajstić information content (AvgIpc) is 2.27. The zero-order valence-corrected chi connectivity index (χ0v) is 10.5. The number of halogens is 3. The van der Waals surface area contributed by atoms with Crippen LogP contribution in [0, 0.1) is 0 Å². The summed E-state index contributed by atoms with van der Waals surface area (Å²) in [6.45, 7) is 1.75. The van der Waals surface area contributed by atoms with Crippen LogP contribution in [0.3, 0.4) is 0 Å². The molecule has 0 saturated carbocycles. The van der Waals surface area contributed by atoms with Crippen molar-refractivity contribution in [3.8, 4) is 11.5 Å². The summed E-state index contributed by atoms with van der Waals surface area (Å²) in [7, 11) is 1.22. The Kier molecular flexibility index (Phi) is 3.97. The summed E-state index contributed by atoms with van der Waals surface area (Å²) < 4.78 is 47.8. The number of aromatic carboxylic acids is 1. The lowest BCUT2D eigenvalue weighted by Gasteiger charge is -2.29. The summed E-state index contributed by atoms with van der Waals surface area (Å²) in [5, 5.41) is 8.78. The molecule has 0 aliphatic carbocycles. The van der Waals surface area contributed by atoms with E-state index in [1.54, 1.807) is 0 Å². The molecule has 1 N–H and O–H groups in total. The van der Waals surface area contributed by atoms with E-state index < -0.39 is 17.7 Å². The van der Waals surface area contributed by atoms with E-state index in [1.807, 2.05) is 0 Å². The van der Waals surface area contributed by atoms with Crippen molar-refractivity contribution in [1.29, 1.82) is 0 Å². The Morgan fingerprint density at radius 1 is 1.21 bits per heavy atom. The van der Waals surface area contributed by atoms with Gasteiger partial charge in [0.2, 0.25) is 0 Å². The number of carboxylic acids is 1. The molecule has 0 aliphatic rings. The summed E-state index contributed by atoms with van der Waals surface area (Å²) in [5.41, 5.74) is -2.51. The van der Waals surface area contributed by atoms with Gasteiger partial charge in [-0.3, -0.25) is 0 Å². The largest absolute Gasteiger partial charge is 0.493 e. The molecule has 0 fully saturated rings. The van der Waals surface area contributed by atoms with Crippen LogP contribution in [0.15, 0.2) is 18.2 Å². The average molecular weight is 278 g/mol.